The van der Waals surface area contributed by atoms with Crippen LogP contribution in [0.5, 0.6) is 0 Å². The first kappa shape index (κ1) is 13.6. The minimum atomic E-state index is -0.106. The van der Waals surface area contributed by atoms with Crippen LogP contribution < -0.4 is 10.6 Å². The minimum Gasteiger partial charge on any atom is -0.398 e. The zero-order valence-corrected chi connectivity index (χ0v) is 13.0. The highest BCUT2D eigenvalue weighted by Gasteiger charge is 2.28. The molecule has 2 aromatic rings. The van der Waals surface area contributed by atoms with E-state index in [0.717, 1.165) is 46.1 Å². The molecule has 1 aliphatic rings. The number of benzene rings is 1. The molecule has 0 radical (unpaired) electrons. The smallest absolute Gasteiger partial charge is 0.0956 e. The highest BCUT2D eigenvalue weighted by atomic mass is 79.9. The fourth-order valence-electron chi connectivity index (χ4n) is 2.84. The molecule has 3 rings (SSSR count). The molecule has 1 aromatic carbocycles. The average Bonchev–Trinajstić information content (AvgIpc) is 2.38. The number of aliphatic hydroxyl groups excluding tert-OH is 1. The van der Waals surface area contributed by atoms with Crippen LogP contribution in [-0.2, 0) is 0 Å². The van der Waals surface area contributed by atoms with Crippen molar-refractivity contribution in [3.63, 3.8) is 0 Å². The molecule has 0 aliphatic heterocycles. The number of aromatic nitrogens is 1. The summed E-state index contributed by atoms with van der Waals surface area (Å²) in [6.07, 6.45) is 3.49. The number of hydrogen-bond donors (Lipinski definition) is 2. The van der Waals surface area contributed by atoms with Crippen molar-refractivity contribution >= 4 is 38.2 Å². The molecular weight excluding hydrogens is 318 g/mol. The first-order chi connectivity index (χ1) is 9.54. The van der Waals surface area contributed by atoms with Gasteiger partial charge in [0.2, 0.25) is 0 Å². The van der Waals surface area contributed by atoms with Gasteiger partial charge in [-0.1, -0.05) is 0 Å². The van der Waals surface area contributed by atoms with Gasteiger partial charge >= 0.3 is 0 Å². The topological polar surface area (TPSA) is 62.4 Å². The maximum Gasteiger partial charge on any atom is 0.0956 e. The summed E-state index contributed by atoms with van der Waals surface area (Å²) in [6, 6.07) is 5.95. The van der Waals surface area contributed by atoms with Crippen LogP contribution in [0.25, 0.3) is 10.9 Å². The Labute approximate surface area is 126 Å². The molecule has 0 unspecified atom stereocenters. The van der Waals surface area contributed by atoms with Crippen molar-refractivity contribution < 1.29 is 5.11 Å². The number of fused-ring (bicyclic) bond motifs is 1. The van der Waals surface area contributed by atoms with Gasteiger partial charge in [-0.15, -0.1) is 0 Å². The van der Waals surface area contributed by atoms with Gasteiger partial charge in [0.25, 0.3) is 0 Å². The molecule has 1 saturated carbocycles. The Morgan fingerprint density at radius 3 is 2.90 bits per heavy atom. The lowest BCUT2D eigenvalue weighted by molar-refractivity contribution is 0.0465. The van der Waals surface area contributed by atoms with Crippen LogP contribution in [0.1, 0.15) is 12.8 Å². The Hall–Kier alpha value is -1.33. The predicted octanol–water partition coefficient (Wildman–Crippen LogP) is 2.79. The van der Waals surface area contributed by atoms with E-state index in [1.807, 2.05) is 18.2 Å². The zero-order chi connectivity index (χ0) is 14.3. The molecule has 1 heterocycles. The Morgan fingerprint density at radius 2 is 2.20 bits per heavy atom. The molecule has 0 amide bonds. The molecule has 0 atom stereocenters. The van der Waals surface area contributed by atoms with E-state index < -0.39 is 0 Å². The standard InChI is InChI=1S/C15H18BrN3O/c1-19(8-9-4-11(20)5-9)14-3-2-13(17)12-6-10(16)7-18-15(12)14/h2-3,6-7,9,11,20H,4-5,8,17H2,1H3. The molecule has 1 fully saturated rings. The quantitative estimate of drug-likeness (QED) is 0.846. The van der Waals surface area contributed by atoms with Crippen LogP contribution in [0.15, 0.2) is 28.9 Å². The van der Waals surface area contributed by atoms with E-state index in [1.54, 1.807) is 6.20 Å². The number of rotatable bonds is 3. The van der Waals surface area contributed by atoms with Crippen molar-refractivity contribution in [2.45, 2.75) is 18.9 Å². The number of pyridine rings is 1. The summed E-state index contributed by atoms with van der Waals surface area (Å²) < 4.78 is 0.929. The fraction of sp³-hybridized carbons (Fsp3) is 0.400. The third-order valence-corrected chi connectivity index (χ3v) is 4.42. The van der Waals surface area contributed by atoms with Crippen molar-refractivity contribution in [1.82, 2.24) is 4.98 Å². The Bertz CT molecular complexity index is 640. The molecule has 0 spiro atoms. The minimum absolute atomic E-state index is 0.106. The summed E-state index contributed by atoms with van der Waals surface area (Å²) in [5.41, 5.74) is 8.79. The zero-order valence-electron chi connectivity index (χ0n) is 11.4. The van der Waals surface area contributed by atoms with Crippen molar-refractivity contribution in [3.05, 3.63) is 28.9 Å². The third-order valence-electron chi connectivity index (χ3n) is 3.98. The second-order valence-electron chi connectivity index (χ2n) is 5.60. The Balaban J connectivity index is 1.92. The highest BCUT2D eigenvalue weighted by molar-refractivity contribution is 9.10. The van der Waals surface area contributed by atoms with E-state index in [2.05, 4.69) is 32.9 Å². The van der Waals surface area contributed by atoms with Gasteiger partial charge in [-0.3, -0.25) is 4.98 Å². The van der Waals surface area contributed by atoms with E-state index >= 15 is 0 Å². The van der Waals surface area contributed by atoms with Crippen molar-refractivity contribution in [3.8, 4) is 0 Å². The number of nitrogens with zero attached hydrogens (tertiary/aromatic N) is 2. The first-order valence-corrected chi connectivity index (χ1v) is 7.57. The van der Waals surface area contributed by atoms with Gasteiger partial charge in [-0.2, -0.15) is 0 Å². The molecular formula is C15H18BrN3O. The summed E-state index contributed by atoms with van der Waals surface area (Å²) in [4.78, 5) is 6.72. The lowest BCUT2D eigenvalue weighted by Crippen LogP contribution is -2.37. The first-order valence-electron chi connectivity index (χ1n) is 6.77. The van der Waals surface area contributed by atoms with Gasteiger partial charge in [-0.25, -0.2) is 0 Å². The van der Waals surface area contributed by atoms with E-state index in [0.29, 0.717) is 5.92 Å². The second-order valence-corrected chi connectivity index (χ2v) is 6.51. The number of nitrogens with two attached hydrogens (primary N) is 1. The molecule has 0 bridgehead atoms. The van der Waals surface area contributed by atoms with Gasteiger partial charge in [0.05, 0.1) is 17.3 Å². The van der Waals surface area contributed by atoms with Crippen LogP contribution in [0, 0.1) is 5.92 Å². The van der Waals surface area contributed by atoms with E-state index in [4.69, 9.17) is 5.73 Å². The Morgan fingerprint density at radius 1 is 1.45 bits per heavy atom. The van der Waals surface area contributed by atoms with Crippen molar-refractivity contribution in [2.75, 3.05) is 24.2 Å². The molecule has 106 valence electrons. The van der Waals surface area contributed by atoms with Crippen LogP contribution >= 0.6 is 15.9 Å². The van der Waals surface area contributed by atoms with Gasteiger partial charge < -0.3 is 15.7 Å². The van der Waals surface area contributed by atoms with Gasteiger partial charge in [0, 0.05) is 35.3 Å². The van der Waals surface area contributed by atoms with Crippen molar-refractivity contribution in [2.24, 2.45) is 5.92 Å². The summed E-state index contributed by atoms with van der Waals surface area (Å²) in [6.45, 7) is 0.938. The normalized spacial score (nSPS) is 21.8. The summed E-state index contributed by atoms with van der Waals surface area (Å²) >= 11 is 3.44. The molecule has 4 nitrogen and oxygen atoms in total. The molecule has 0 saturated heterocycles. The number of halogens is 1. The van der Waals surface area contributed by atoms with Crippen LogP contribution in [0.2, 0.25) is 0 Å². The predicted molar refractivity (Wildman–Crippen MR) is 85.9 cm³/mol. The summed E-state index contributed by atoms with van der Waals surface area (Å²) in [5.74, 6) is 0.568. The maximum absolute atomic E-state index is 9.39. The van der Waals surface area contributed by atoms with Gasteiger partial charge in [0.1, 0.15) is 0 Å². The van der Waals surface area contributed by atoms with Crippen LogP contribution in [-0.4, -0.2) is 29.8 Å². The number of hydrogen-bond acceptors (Lipinski definition) is 4. The van der Waals surface area contributed by atoms with E-state index in [1.165, 1.54) is 0 Å². The van der Waals surface area contributed by atoms with Crippen molar-refractivity contribution in [1.29, 1.82) is 0 Å². The SMILES string of the molecule is CN(CC1CC(O)C1)c1ccc(N)c2cc(Br)cnc12. The monoisotopic (exact) mass is 335 g/mol. The molecule has 20 heavy (non-hydrogen) atoms. The van der Waals surface area contributed by atoms with Gasteiger partial charge in [-0.05, 0) is 52.9 Å². The van der Waals surface area contributed by atoms with Crippen LogP contribution in [0.3, 0.4) is 0 Å². The fourth-order valence-corrected chi connectivity index (χ4v) is 3.18. The molecule has 1 aliphatic carbocycles. The van der Waals surface area contributed by atoms with Crippen LogP contribution in [0.4, 0.5) is 11.4 Å². The second kappa shape index (κ2) is 5.22. The van der Waals surface area contributed by atoms with Gasteiger partial charge in [0.15, 0.2) is 0 Å². The largest absolute Gasteiger partial charge is 0.398 e. The molecule has 3 N–H and O–H groups in total. The lowest BCUT2D eigenvalue weighted by atomic mass is 9.82. The number of anilines is 2. The van der Waals surface area contributed by atoms with E-state index in [-0.39, 0.29) is 6.10 Å². The average molecular weight is 336 g/mol. The number of nitrogen functional groups attached to an aromatic ring is 1. The number of aliphatic hydroxyl groups is 1. The lowest BCUT2D eigenvalue weighted by Gasteiger charge is -2.35. The third kappa shape index (κ3) is 2.47. The maximum atomic E-state index is 9.39. The molecule has 5 heteroatoms. The summed E-state index contributed by atoms with van der Waals surface area (Å²) in [5, 5.41) is 10.4. The summed E-state index contributed by atoms with van der Waals surface area (Å²) in [7, 11) is 2.07. The Kier molecular flexibility index (Phi) is 3.56. The van der Waals surface area contributed by atoms with E-state index in [9.17, 15) is 5.11 Å². The molecule has 1 aromatic heterocycles. The highest BCUT2D eigenvalue weighted by Crippen LogP contribution is 2.33.